The summed E-state index contributed by atoms with van der Waals surface area (Å²) in [5.74, 6) is -0.0980. The van der Waals surface area contributed by atoms with Crippen molar-refractivity contribution in [2.24, 2.45) is 0 Å². The van der Waals surface area contributed by atoms with Crippen LogP contribution in [0.5, 0.6) is 0 Å². The van der Waals surface area contributed by atoms with E-state index in [-0.39, 0.29) is 30.5 Å². The number of rotatable bonds is 5. The second kappa shape index (κ2) is 6.22. The lowest BCUT2D eigenvalue weighted by Gasteiger charge is -2.27. The minimum absolute atomic E-state index is 0.0810. The predicted molar refractivity (Wildman–Crippen MR) is 76.3 cm³/mol. The molecule has 112 valence electrons. The van der Waals surface area contributed by atoms with Crippen LogP contribution in [0.25, 0.3) is 0 Å². The van der Waals surface area contributed by atoms with Gasteiger partial charge in [0.1, 0.15) is 0 Å². The molecule has 0 unspecified atom stereocenters. The molecule has 0 atom stereocenters. The highest BCUT2D eigenvalue weighted by atomic mass is 32.2. The topological polar surface area (TPSA) is 66.5 Å². The molecule has 0 saturated heterocycles. The number of sulfonamides is 1. The predicted octanol–water partition coefficient (Wildman–Crippen LogP) is 1.50. The minimum atomic E-state index is -3.23. The molecule has 1 rings (SSSR count). The monoisotopic (exact) mass is 290 g/mol. The molecule has 1 aliphatic carbocycles. The van der Waals surface area contributed by atoms with E-state index < -0.39 is 10.0 Å². The number of nitrogens with one attached hydrogen (secondary N) is 1. The first kappa shape index (κ1) is 16.4. The largest absolute Gasteiger partial charge is 0.351 e. The van der Waals surface area contributed by atoms with Crippen LogP contribution in [0.2, 0.25) is 0 Å². The highest BCUT2D eigenvalue weighted by Crippen LogP contribution is 2.25. The lowest BCUT2D eigenvalue weighted by atomic mass is 10.1. The Bertz CT molecular complexity index is 406. The van der Waals surface area contributed by atoms with E-state index in [4.69, 9.17) is 0 Å². The summed E-state index contributed by atoms with van der Waals surface area (Å²) in [5.41, 5.74) is -0.277. The molecule has 1 saturated carbocycles. The fraction of sp³-hybridized carbons (Fsp3) is 0.923. The molecule has 0 radical (unpaired) electrons. The molecule has 6 heteroatoms. The van der Waals surface area contributed by atoms with Gasteiger partial charge in [-0.3, -0.25) is 4.79 Å². The van der Waals surface area contributed by atoms with Crippen LogP contribution in [-0.2, 0) is 14.8 Å². The summed E-state index contributed by atoms with van der Waals surface area (Å²) < 4.78 is 25.1. The standard InChI is InChI=1S/C13H26N2O3S/c1-13(2,3)14-12(16)9-10-15(19(4,17)18)11-7-5-6-8-11/h11H,5-10H2,1-4H3,(H,14,16). The van der Waals surface area contributed by atoms with E-state index >= 15 is 0 Å². The lowest BCUT2D eigenvalue weighted by molar-refractivity contribution is -0.122. The van der Waals surface area contributed by atoms with Gasteiger partial charge in [-0.1, -0.05) is 12.8 Å². The molecule has 0 heterocycles. The smallest absolute Gasteiger partial charge is 0.221 e. The van der Waals surface area contributed by atoms with Crippen molar-refractivity contribution in [2.75, 3.05) is 12.8 Å². The molecule has 0 aromatic rings. The average Bonchev–Trinajstić information content (AvgIpc) is 2.65. The van der Waals surface area contributed by atoms with Crippen molar-refractivity contribution in [3.63, 3.8) is 0 Å². The van der Waals surface area contributed by atoms with Gasteiger partial charge in [-0.25, -0.2) is 8.42 Å². The third kappa shape index (κ3) is 5.91. The maximum absolute atomic E-state index is 11.8. The quantitative estimate of drug-likeness (QED) is 0.834. The van der Waals surface area contributed by atoms with Crippen molar-refractivity contribution in [1.29, 1.82) is 0 Å². The molecule has 5 nitrogen and oxygen atoms in total. The molecule has 0 aromatic heterocycles. The molecule has 1 fully saturated rings. The first-order chi connectivity index (χ1) is 8.59. The summed E-state index contributed by atoms with van der Waals surface area (Å²) in [6.07, 6.45) is 5.42. The van der Waals surface area contributed by atoms with E-state index in [1.54, 1.807) is 0 Å². The third-order valence-corrected chi connectivity index (χ3v) is 4.56. The number of amides is 1. The number of hydrogen-bond acceptors (Lipinski definition) is 3. The van der Waals surface area contributed by atoms with Crippen LogP contribution in [0, 0.1) is 0 Å². The van der Waals surface area contributed by atoms with Crippen molar-refractivity contribution in [3.05, 3.63) is 0 Å². The molecule has 1 aliphatic rings. The molecule has 19 heavy (non-hydrogen) atoms. The van der Waals surface area contributed by atoms with Crippen LogP contribution in [0.4, 0.5) is 0 Å². The SMILES string of the molecule is CC(C)(C)NC(=O)CCN(C1CCCC1)S(C)(=O)=O. The molecule has 1 N–H and O–H groups in total. The normalized spacial score (nSPS) is 17.9. The average molecular weight is 290 g/mol. The summed E-state index contributed by atoms with van der Waals surface area (Å²) in [6, 6.07) is 0.0810. The molecule has 0 aliphatic heterocycles. The van der Waals surface area contributed by atoms with Gasteiger partial charge in [-0.2, -0.15) is 4.31 Å². The summed E-state index contributed by atoms with van der Waals surface area (Å²) in [7, 11) is -3.23. The Kier molecular flexibility index (Phi) is 5.38. The highest BCUT2D eigenvalue weighted by molar-refractivity contribution is 7.88. The van der Waals surface area contributed by atoms with E-state index in [0.717, 1.165) is 25.7 Å². The number of carbonyl (C=O) groups is 1. The fourth-order valence-corrected chi connectivity index (χ4v) is 3.68. The number of carbonyl (C=O) groups excluding carboxylic acids is 1. The zero-order chi connectivity index (χ0) is 14.7. The van der Waals surface area contributed by atoms with Gasteiger partial charge in [0, 0.05) is 24.5 Å². The third-order valence-electron chi connectivity index (χ3n) is 3.23. The van der Waals surface area contributed by atoms with Crippen molar-refractivity contribution >= 4 is 15.9 Å². The Morgan fingerprint density at radius 3 is 2.21 bits per heavy atom. The second-order valence-electron chi connectivity index (χ2n) is 6.36. The molecule has 0 spiro atoms. The first-order valence-corrected chi connectivity index (χ1v) is 8.72. The number of nitrogens with zero attached hydrogens (tertiary/aromatic N) is 1. The van der Waals surface area contributed by atoms with Gasteiger partial charge in [-0.05, 0) is 33.6 Å². The van der Waals surface area contributed by atoms with Crippen molar-refractivity contribution < 1.29 is 13.2 Å². The van der Waals surface area contributed by atoms with Crippen LogP contribution in [0.1, 0.15) is 52.9 Å². The van der Waals surface area contributed by atoms with Crippen LogP contribution in [0.3, 0.4) is 0 Å². The maximum atomic E-state index is 11.8. The maximum Gasteiger partial charge on any atom is 0.221 e. The minimum Gasteiger partial charge on any atom is -0.351 e. The zero-order valence-corrected chi connectivity index (χ0v) is 13.2. The van der Waals surface area contributed by atoms with Gasteiger partial charge in [0.25, 0.3) is 0 Å². The summed E-state index contributed by atoms with van der Waals surface area (Å²) in [4.78, 5) is 11.8. The fourth-order valence-electron chi connectivity index (χ4n) is 2.50. The molecular weight excluding hydrogens is 264 g/mol. The highest BCUT2D eigenvalue weighted by Gasteiger charge is 2.29. The van der Waals surface area contributed by atoms with Crippen LogP contribution in [0.15, 0.2) is 0 Å². The Morgan fingerprint density at radius 2 is 1.79 bits per heavy atom. The van der Waals surface area contributed by atoms with Gasteiger partial charge < -0.3 is 5.32 Å². The van der Waals surface area contributed by atoms with Crippen molar-refractivity contribution in [1.82, 2.24) is 9.62 Å². The molecule has 0 aromatic carbocycles. The summed E-state index contributed by atoms with van der Waals surface area (Å²) in [6.45, 7) is 6.02. The Balaban J connectivity index is 2.57. The lowest BCUT2D eigenvalue weighted by Crippen LogP contribution is -2.44. The number of hydrogen-bond donors (Lipinski definition) is 1. The van der Waals surface area contributed by atoms with E-state index in [0.29, 0.717) is 0 Å². The van der Waals surface area contributed by atoms with Gasteiger partial charge in [0.05, 0.1) is 6.26 Å². The van der Waals surface area contributed by atoms with Crippen molar-refractivity contribution in [3.8, 4) is 0 Å². The van der Waals surface area contributed by atoms with Crippen LogP contribution >= 0.6 is 0 Å². The van der Waals surface area contributed by atoms with Crippen LogP contribution < -0.4 is 5.32 Å². The van der Waals surface area contributed by atoms with Gasteiger partial charge in [0.15, 0.2) is 0 Å². The zero-order valence-electron chi connectivity index (χ0n) is 12.4. The molecule has 0 bridgehead atoms. The first-order valence-electron chi connectivity index (χ1n) is 6.87. The van der Waals surface area contributed by atoms with E-state index in [1.165, 1.54) is 10.6 Å². The van der Waals surface area contributed by atoms with E-state index in [9.17, 15) is 13.2 Å². The van der Waals surface area contributed by atoms with Crippen LogP contribution in [-0.4, -0.2) is 43.0 Å². The van der Waals surface area contributed by atoms with Gasteiger partial charge in [0.2, 0.25) is 15.9 Å². The second-order valence-corrected chi connectivity index (χ2v) is 8.30. The Labute approximate surface area is 116 Å². The van der Waals surface area contributed by atoms with E-state index in [1.807, 2.05) is 20.8 Å². The Hall–Kier alpha value is -0.620. The van der Waals surface area contributed by atoms with Crippen molar-refractivity contribution in [2.45, 2.75) is 64.5 Å². The summed E-state index contributed by atoms with van der Waals surface area (Å²) in [5, 5.41) is 2.86. The summed E-state index contributed by atoms with van der Waals surface area (Å²) >= 11 is 0. The van der Waals surface area contributed by atoms with Gasteiger partial charge in [-0.15, -0.1) is 0 Å². The van der Waals surface area contributed by atoms with Gasteiger partial charge >= 0.3 is 0 Å². The molecular formula is C13H26N2O3S. The Morgan fingerprint density at radius 1 is 1.26 bits per heavy atom. The van der Waals surface area contributed by atoms with E-state index in [2.05, 4.69) is 5.32 Å². The molecule has 1 amide bonds.